The number of benzene rings is 1. The molecule has 0 unspecified atom stereocenters. The molecule has 0 spiro atoms. The number of aliphatic hydroxyl groups is 6. The van der Waals surface area contributed by atoms with Crippen LogP contribution in [0.1, 0.15) is 16.7 Å². The van der Waals surface area contributed by atoms with E-state index in [4.69, 9.17) is 0 Å². The molecule has 0 radical (unpaired) electrons. The summed E-state index contributed by atoms with van der Waals surface area (Å²) >= 11 is 0. The Kier molecular flexibility index (Phi) is 14.2. The van der Waals surface area contributed by atoms with E-state index in [0.29, 0.717) is 0 Å². The molecule has 9 heteroatoms. The fourth-order valence-electron chi connectivity index (χ4n) is 2.69. The van der Waals surface area contributed by atoms with Crippen molar-refractivity contribution in [1.29, 1.82) is 0 Å². The zero-order valence-electron chi connectivity index (χ0n) is 15.7. The van der Waals surface area contributed by atoms with Gasteiger partial charge in [-0.1, -0.05) is 42.0 Å². The van der Waals surface area contributed by atoms with Crippen molar-refractivity contribution in [2.45, 2.75) is 19.3 Å². The molecule has 0 amide bonds. The van der Waals surface area contributed by atoms with Gasteiger partial charge >= 0.3 is 0 Å². The highest BCUT2D eigenvalue weighted by Gasteiger charge is 2.11. The first kappa shape index (κ1) is 25.3. The Balaban J connectivity index is 2.85. The van der Waals surface area contributed by atoms with Gasteiger partial charge in [0.25, 0.3) is 0 Å². The number of hydrogen-bond donors (Lipinski definition) is 6. The molecular weight excluding hydrogens is 405 g/mol. The minimum atomic E-state index is -0.761. The molecule has 0 aliphatic carbocycles. The SMILES string of the molecule is OCP(CO)CCc1cc(CCP(CO)CO)cc(CCP(CO)CO)c1. The highest BCUT2D eigenvalue weighted by Crippen LogP contribution is 2.36. The maximum Gasteiger partial charge on any atom is 0.0646 e. The fourth-order valence-corrected chi connectivity index (χ4v) is 5.53. The molecule has 0 aliphatic heterocycles. The Morgan fingerprint density at radius 3 is 0.852 bits per heavy atom. The van der Waals surface area contributed by atoms with Crippen LogP contribution in [0.25, 0.3) is 0 Å². The fraction of sp³-hybridized carbons (Fsp3) is 0.667. The molecule has 1 aromatic rings. The van der Waals surface area contributed by atoms with E-state index in [1.807, 2.05) is 0 Å². The van der Waals surface area contributed by atoms with E-state index >= 15 is 0 Å². The molecule has 6 N–H and O–H groups in total. The lowest BCUT2D eigenvalue weighted by atomic mass is 10.0. The third kappa shape index (κ3) is 10.0. The van der Waals surface area contributed by atoms with Crippen molar-refractivity contribution in [2.24, 2.45) is 0 Å². The second-order valence-corrected chi connectivity index (χ2v) is 13.5. The minimum Gasteiger partial charge on any atom is -0.392 e. The van der Waals surface area contributed by atoms with E-state index in [2.05, 4.69) is 18.2 Å². The van der Waals surface area contributed by atoms with Gasteiger partial charge in [0.15, 0.2) is 0 Å². The Morgan fingerprint density at radius 1 is 0.444 bits per heavy atom. The normalized spacial score (nSPS) is 11.9. The topological polar surface area (TPSA) is 121 Å². The van der Waals surface area contributed by atoms with E-state index in [1.165, 1.54) is 0 Å². The van der Waals surface area contributed by atoms with E-state index in [1.54, 1.807) is 0 Å². The van der Waals surface area contributed by atoms with Gasteiger partial charge in [-0.05, 0) is 54.4 Å². The van der Waals surface area contributed by atoms with Crippen molar-refractivity contribution in [2.75, 3.05) is 56.6 Å². The van der Waals surface area contributed by atoms with Crippen molar-refractivity contribution in [3.8, 4) is 0 Å². The van der Waals surface area contributed by atoms with Gasteiger partial charge in [0.2, 0.25) is 0 Å². The largest absolute Gasteiger partial charge is 0.392 e. The van der Waals surface area contributed by atoms with Crippen LogP contribution in [0.4, 0.5) is 0 Å². The molecule has 1 aromatic carbocycles. The lowest BCUT2D eigenvalue weighted by Gasteiger charge is -2.16. The van der Waals surface area contributed by atoms with Gasteiger partial charge < -0.3 is 30.6 Å². The van der Waals surface area contributed by atoms with Crippen LogP contribution in [-0.4, -0.2) is 87.2 Å². The summed E-state index contributed by atoms with van der Waals surface area (Å²) in [5, 5.41) is 55.7. The lowest BCUT2D eigenvalue weighted by Crippen LogP contribution is -2.03. The van der Waals surface area contributed by atoms with Gasteiger partial charge in [0.05, 0.1) is 38.1 Å². The average molecular weight is 438 g/mol. The van der Waals surface area contributed by atoms with Gasteiger partial charge in [-0.15, -0.1) is 0 Å². The summed E-state index contributed by atoms with van der Waals surface area (Å²) < 4.78 is 0. The molecule has 0 bridgehead atoms. The quantitative estimate of drug-likeness (QED) is 0.231. The predicted octanol–water partition coefficient (Wildman–Crippen LogP) is 1.46. The molecule has 1 rings (SSSR count). The monoisotopic (exact) mass is 438 g/mol. The summed E-state index contributed by atoms with van der Waals surface area (Å²) in [6, 6.07) is 6.40. The van der Waals surface area contributed by atoms with Gasteiger partial charge in [0.1, 0.15) is 0 Å². The molecule has 0 saturated heterocycles. The van der Waals surface area contributed by atoms with E-state index in [0.717, 1.165) is 54.4 Å². The van der Waals surface area contributed by atoms with Crippen LogP contribution in [0, 0.1) is 0 Å². The van der Waals surface area contributed by atoms with Gasteiger partial charge in [-0.25, -0.2) is 0 Å². The maximum absolute atomic E-state index is 9.29. The maximum atomic E-state index is 9.29. The van der Waals surface area contributed by atoms with Crippen molar-refractivity contribution >= 4 is 23.8 Å². The molecule has 27 heavy (non-hydrogen) atoms. The summed E-state index contributed by atoms with van der Waals surface area (Å²) in [7, 11) is -2.28. The molecule has 6 nitrogen and oxygen atoms in total. The molecular formula is C18H33O6P3. The van der Waals surface area contributed by atoms with Crippen molar-refractivity contribution < 1.29 is 30.6 Å². The Labute approximate surface area is 165 Å². The van der Waals surface area contributed by atoms with Crippen molar-refractivity contribution in [3.63, 3.8) is 0 Å². The van der Waals surface area contributed by atoms with Gasteiger partial charge in [-0.3, -0.25) is 0 Å². The summed E-state index contributed by atoms with van der Waals surface area (Å²) in [5.74, 6) is 0. The van der Waals surface area contributed by atoms with Crippen LogP contribution >= 0.6 is 23.8 Å². The Hall–Kier alpha value is 0.270. The Bertz CT molecular complexity index is 424. The molecule has 0 saturated carbocycles. The first-order valence-corrected chi connectivity index (χ1v) is 14.7. The van der Waals surface area contributed by atoms with Gasteiger partial charge in [-0.2, -0.15) is 0 Å². The van der Waals surface area contributed by atoms with Gasteiger partial charge in [0, 0.05) is 0 Å². The number of aryl methyl sites for hydroxylation is 3. The molecule has 0 aliphatic rings. The van der Waals surface area contributed by atoms with Crippen LogP contribution in [-0.2, 0) is 19.3 Å². The summed E-state index contributed by atoms with van der Waals surface area (Å²) in [6.07, 6.45) is 4.88. The zero-order chi connectivity index (χ0) is 20.1. The molecule has 0 fully saturated rings. The van der Waals surface area contributed by atoms with Crippen molar-refractivity contribution in [3.05, 3.63) is 34.9 Å². The molecule has 0 heterocycles. The third-order valence-electron chi connectivity index (χ3n) is 4.46. The van der Waals surface area contributed by atoms with Crippen LogP contribution < -0.4 is 0 Å². The molecule has 0 atom stereocenters. The predicted molar refractivity (Wildman–Crippen MR) is 115 cm³/mol. The van der Waals surface area contributed by atoms with E-state index < -0.39 is 23.8 Å². The highest BCUT2D eigenvalue weighted by molar-refractivity contribution is 7.57. The number of aliphatic hydroxyl groups excluding tert-OH is 6. The molecule has 0 aromatic heterocycles. The standard InChI is InChI=1S/C18H33O6P3/c19-10-25(11-20)4-1-16-7-17(2-5-26(12-21)13-22)9-18(8-16)3-6-27(14-23)15-24/h7-9,19-24H,1-6,10-15H2. The highest BCUT2D eigenvalue weighted by atomic mass is 31.1. The summed E-state index contributed by atoms with van der Waals surface area (Å²) in [4.78, 5) is 0. The van der Waals surface area contributed by atoms with Crippen LogP contribution in [0.3, 0.4) is 0 Å². The summed E-state index contributed by atoms with van der Waals surface area (Å²) in [6.45, 7) is 0. The Morgan fingerprint density at radius 2 is 0.667 bits per heavy atom. The second kappa shape index (κ2) is 15.2. The first-order chi connectivity index (χ1) is 13.1. The van der Waals surface area contributed by atoms with E-state index in [9.17, 15) is 30.6 Å². The van der Waals surface area contributed by atoms with Crippen LogP contribution in [0.5, 0.6) is 0 Å². The van der Waals surface area contributed by atoms with Crippen molar-refractivity contribution in [1.82, 2.24) is 0 Å². The van der Waals surface area contributed by atoms with Crippen LogP contribution in [0.2, 0.25) is 0 Å². The third-order valence-corrected chi connectivity index (χ3v) is 9.43. The van der Waals surface area contributed by atoms with Crippen LogP contribution in [0.15, 0.2) is 18.2 Å². The first-order valence-electron chi connectivity index (χ1n) is 9.04. The molecule has 156 valence electrons. The second-order valence-electron chi connectivity index (χ2n) is 6.44. The number of rotatable bonds is 15. The van der Waals surface area contributed by atoms with E-state index in [-0.39, 0.29) is 38.1 Å². The number of hydrogen-bond acceptors (Lipinski definition) is 6. The minimum absolute atomic E-state index is 0.0347. The smallest absolute Gasteiger partial charge is 0.0646 e. The lowest BCUT2D eigenvalue weighted by molar-refractivity contribution is 0.343. The zero-order valence-corrected chi connectivity index (χ0v) is 18.4. The average Bonchev–Trinajstić information content (AvgIpc) is 2.70. The summed E-state index contributed by atoms with van der Waals surface area (Å²) in [5.41, 5.74) is 3.48.